The molecule has 1 amide bonds. The van der Waals surface area contributed by atoms with E-state index in [0.29, 0.717) is 41.1 Å². The topological polar surface area (TPSA) is 78.5 Å². The van der Waals surface area contributed by atoms with Crippen molar-refractivity contribution in [1.29, 1.82) is 0 Å². The molecule has 7 nitrogen and oxygen atoms in total. The summed E-state index contributed by atoms with van der Waals surface area (Å²) in [5.74, 6) is 1.30. The molecule has 2 heterocycles. The van der Waals surface area contributed by atoms with E-state index in [1.165, 1.54) is 12.1 Å². The molecule has 2 aromatic carbocycles. The first-order valence-electron chi connectivity index (χ1n) is 11.1. The van der Waals surface area contributed by atoms with Crippen LogP contribution in [0.3, 0.4) is 0 Å². The van der Waals surface area contributed by atoms with Gasteiger partial charge in [-0.1, -0.05) is 17.7 Å². The highest BCUT2D eigenvalue weighted by molar-refractivity contribution is 6.31. The van der Waals surface area contributed by atoms with Gasteiger partial charge in [0.25, 0.3) is 5.91 Å². The van der Waals surface area contributed by atoms with Crippen LogP contribution >= 0.6 is 11.6 Å². The molecule has 0 atom stereocenters. The number of anilines is 1. The number of nitrogens with one attached hydrogen (secondary N) is 1. The molecule has 9 heteroatoms. The van der Waals surface area contributed by atoms with Crippen molar-refractivity contribution in [2.75, 3.05) is 11.9 Å². The lowest BCUT2D eigenvalue weighted by Crippen LogP contribution is -2.12. The van der Waals surface area contributed by atoms with Gasteiger partial charge in [-0.3, -0.25) is 9.48 Å². The van der Waals surface area contributed by atoms with Crippen LogP contribution in [0.1, 0.15) is 40.2 Å². The van der Waals surface area contributed by atoms with Gasteiger partial charge >= 0.3 is 0 Å². The second kappa shape index (κ2) is 10.7. The van der Waals surface area contributed by atoms with E-state index >= 15 is 0 Å². The van der Waals surface area contributed by atoms with Gasteiger partial charge in [0.15, 0.2) is 5.76 Å². The number of halogens is 2. The van der Waals surface area contributed by atoms with Crippen LogP contribution in [0.25, 0.3) is 0 Å². The lowest BCUT2D eigenvalue weighted by atomic mass is 10.2. The van der Waals surface area contributed by atoms with E-state index in [1.54, 1.807) is 29.8 Å². The number of furan rings is 1. The van der Waals surface area contributed by atoms with Crippen LogP contribution in [0, 0.1) is 19.7 Å². The molecule has 2 aromatic heterocycles. The number of carbonyl (C=O) groups is 1. The fourth-order valence-corrected chi connectivity index (χ4v) is 3.78. The summed E-state index contributed by atoms with van der Waals surface area (Å²) in [6, 6.07) is 14.8. The maximum atomic E-state index is 13.3. The lowest BCUT2D eigenvalue weighted by molar-refractivity contribution is 0.0992. The van der Waals surface area contributed by atoms with Crippen LogP contribution in [0.4, 0.5) is 10.1 Å². The maximum absolute atomic E-state index is 13.3. The Morgan fingerprint density at radius 3 is 2.49 bits per heavy atom. The van der Waals surface area contributed by atoms with Gasteiger partial charge in [-0.15, -0.1) is 0 Å². The predicted molar refractivity (Wildman–Crippen MR) is 131 cm³/mol. The van der Waals surface area contributed by atoms with E-state index in [4.69, 9.17) is 25.5 Å². The Hall–Kier alpha value is -3.78. The monoisotopic (exact) mass is 497 g/mol. The van der Waals surface area contributed by atoms with Crippen molar-refractivity contribution in [3.05, 3.63) is 93.9 Å². The fraction of sp³-hybridized carbons (Fsp3) is 0.231. The first-order valence-corrected chi connectivity index (χ1v) is 11.5. The second-order valence-electron chi connectivity index (χ2n) is 7.85. The summed E-state index contributed by atoms with van der Waals surface area (Å²) in [6.45, 7) is 6.67. The number of ether oxygens (including phenoxy) is 2. The first-order chi connectivity index (χ1) is 16.8. The molecule has 0 spiro atoms. The Labute approximate surface area is 207 Å². The molecule has 4 rings (SSSR count). The molecule has 0 bridgehead atoms. The van der Waals surface area contributed by atoms with Crippen molar-refractivity contribution in [2.24, 2.45) is 0 Å². The molecule has 0 aliphatic rings. The zero-order valence-electron chi connectivity index (χ0n) is 19.6. The standard InChI is InChI=1S/C26H25ClFN3O4/c1-4-33-20-7-9-21(10-8-20)34-15-22-11-12-24(35-22)26(32)29-25-16(2)30-31(17(25)3)14-18-5-6-19(28)13-23(18)27/h5-13H,4,14-15H2,1-3H3,(H,29,32). The number of carbonyl (C=O) groups excluding carboxylic acids is 1. The summed E-state index contributed by atoms with van der Waals surface area (Å²) in [4.78, 5) is 12.8. The molecule has 35 heavy (non-hydrogen) atoms. The largest absolute Gasteiger partial charge is 0.494 e. The van der Waals surface area contributed by atoms with Crippen molar-refractivity contribution in [2.45, 2.75) is 33.9 Å². The second-order valence-corrected chi connectivity index (χ2v) is 8.26. The van der Waals surface area contributed by atoms with Crippen LogP contribution in [0.5, 0.6) is 11.5 Å². The molecular formula is C26H25ClFN3O4. The van der Waals surface area contributed by atoms with Crippen LogP contribution in [0.2, 0.25) is 5.02 Å². The Kier molecular flexibility index (Phi) is 7.41. The Morgan fingerprint density at radius 2 is 1.80 bits per heavy atom. The van der Waals surface area contributed by atoms with Gasteiger partial charge in [0.1, 0.15) is 29.7 Å². The van der Waals surface area contributed by atoms with Gasteiger partial charge in [0, 0.05) is 5.02 Å². The molecule has 0 fully saturated rings. The van der Waals surface area contributed by atoms with Crippen LogP contribution in [-0.2, 0) is 13.2 Å². The van der Waals surface area contributed by atoms with E-state index in [2.05, 4.69) is 10.4 Å². The van der Waals surface area contributed by atoms with Gasteiger partial charge in [-0.25, -0.2) is 4.39 Å². The molecule has 0 aliphatic heterocycles. The van der Waals surface area contributed by atoms with Gasteiger partial charge in [-0.05, 0) is 74.9 Å². The predicted octanol–water partition coefficient (Wildman–Crippen LogP) is 6.16. The minimum absolute atomic E-state index is 0.156. The highest BCUT2D eigenvalue weighted by Gasteiger charge is 2.18. The summed E-state index contributed by atoms with van der Waals surface area (Å²) in [5, 5.41) is 7.68. The third kappa shape index (κ3) is 5.84. The molecule has 0 saturated carbocycles. The zero-order valence-corrected chi connectivity index (χ0v) is 20.4. The highest BCUT2D eigenvalue weighted by Crippen LogP contribution is 2.25. The van der Waals surface area contributed by atoms with E-state index in [9.17, 15) is 9.18 Å². The average molecular weight is 498 g/mol. The SMILES string of the molecule is CCOc1ccc(OCc2ccc(C(=O)Nc3c(C)nn(Cc4ccc(F)cc4Cl)c3C)o2)cc1. The van der Waals surface area contributed by atoms with E-state index in [0.717, 1.165) is 17.0 Å². The van der Waals surface area contributed by atoms with Crippen molar-refractivity contribution in [1.82, 2.24) is 9.78 Å². The van der Waals surface area contributed by atoms with Crippen LogP contribution in [0.15, 0.2) is 59.0 Å². The number of aromatic nitrogens is 2. The van der Waals surface area contributed by atoms with E-state index < -0.39 is 11.7 Å². The summed E-state index contributed by atoms with van der Waals surface area (Å²) in [7, 11) is 0. The number of rotatable bonds is 9. The molecule has 0 radical (unpaired) electrons. The number of aryl methyl sites for hydroxylation is 1. The number of hydrogen-bond acceptors (Lipinski definition) is 5. The number of hydrogen-bond donors (Lipinski definition) is 1. The van der Waals surface area contributed by atoms with Crippen molar-refractivity contribution in [3.63, 3.8) is 0 Å². The number of benzene rings is 2. The zero-order chi connectivity index (χ0) is 24.9. The van der Waals surface area contributed by atoms with Gasteiger partial charge in [-0.2, -0.15) is 5.10 Å². The summed E-state index contributed by atoms with van der Waals surface area (Å²) in [5.41, 5.74) is 2.68. The third-order valence-electron chi connectivity index (χ3n) is 5.36. The smallest absolute Gasteiger partial charge is 0.291 e. The summed E-state index contributed by atoms with van der Waals surface area (Å²) < 4.78 is 31.9. The van der Waals surface area contributed by atoms with Crippen molar-refractivity contribution in [3.8, 4) is 11.5 Å². The van der Waals surface area contributed by atoms with Gasteiger partial charge < -0.3 is 19.2 Å². The van der Waals surface area contributed by atoms with Crippen molar-refractivity contribution >= 4 is 23.2 Å². The molecule has 1 N–H and O–H groups in total. The molecule has 0 saturated heterocycles. The Morgan fingerprint density at radius 1 is 1.09 bits per heavy atom. The number of amides is 1. The van der Waals surface area contributed by atoms with Crippen molar-refractivity contribution < 1.29 is 23.1 Å². The fourth-order valence-electron chi connectivity index (χ4n) is 3.55. The lowest BCUT2D eigenvalue weighted by Gasteiger charge is -2.08. The molecule has 0 unspecified atom stereocenters. The molecule has 0 aliphatic carbocycles. The highest BCUT2D eigenvalue weighted by atomic mass is 35.5. The molecule has 4 aromatic rings. The average Bonchev–Trinajstić information content (AvgIpc) is 3.41. The van der Waals surface area contributed by atoms with Crippen LogP contribution in [-0.4, -0.2) is 22.3 Å². The summed E-state index contributed by atoms with van der Waals surface area (Å²) >= 11 is 6.15. The minimum Gasteiger partial charge on any atom is -0.494 e. The van der Waals surface area contributed by atoms with E-state index in [-0.39, 0.29) is 12.4 Å². The Bertz CT molecular complexity index is 1330. The van der Waals surface area contributed by atoms with Crippen LogP contribution < -0.4 is 14.8 Å². The Balaban J connectivity index is 1.39. The van der Waals surface area contributed by atoms with Gasteiger partial charge in [0.2, 0.25) is 0 Å². The first kappa shape index (κ1) is 24.3. The van der Waals surface area contributed by atoms with E-state index in [1.807, 2.05) is 38.1 Å². The molecule has 182 valence electrons. The third-order valence-corrected chi connectivity index (χ3v) is 5.71. The maximum Gasteiger partial charge on any atom is 0.291 e. The minimum atomic E-state index is -0.400. The van der Waals surface area contributed by atoms with Gasteiger partial charge in [0.05, 0.1) is 30.2 Å². The quantitative estimate of drug-likeness (QED) is 0.299. The summed E-state index contributed by atoms with van der Waals surface area (Å²) in [6.07, 6.45) is 0. The number of nitrogens with zero attached hydrogens (tertiary/aromatic N) is 2. The normalized spacial score (nSPS) is 10.9. The molecular weight excluding hydrogens is 473 g/mol.